The number of sulfonamides is 1. The molecule has 0 spiro atoms. The summed E-state index contributed by atoms with van der Waals surface area (Å²) in [5.74, 6) is -0.819. The van der Waals surface area contributed by atoms with Gasteiger partial charge in [0.2, 0.25) is 10.0 Å². The minimum Gasteiger partial charge on any atom is -0.384 e. The maximum absolute atomic E-state index is 11.8. The van der Waals surface area contributed by atoms with E-state index in [9.17, 15) is 13.2 Å². The summed E-state index contributed by atoms with van der Waals surface area (Å²) >= 11 is 0. The Bertz CT molecular complexity index is 705. The van der Waals surface area contributed by atoms with Crippen molar-refractivity contribution in [3.8, 4) is 0 Å². The monoisotopic (exact) mass is 320 g/mol. The number of carbonyl (C=O) groups is 1. The summed E-state index contributed by atoms with van der Waals surface area (Å²) in [4.78, 5) is 19.5. The molecule has 2 aromatic heterocycles. The van der Waals surface area contributed by atoms with Gasteiger partial charge < -0.3 is 5.32 Å². The Morgan fingerprint density at radius 1 is 1.09 bits per heavy atom. The van der Waals surface area contributed by atoms with E-state index in [0.717, 1.165) is 5.69 Å². The lowest BCUT2D eigenvalue weighted by atomic mass is 10.3. The molecule has 2 rings (SSSR count). The van der Waals surface area contributed by atoms with Crippen LogP contribution in [0.15, 0.2) is 49.1 Å². The number of hydrogen-bond acceptors (Lipinski definition) is 6. The lowest BCUT2D eigenvalue weighted by Gasteiger charge is -2.08. The van der Waals surface area contributed by atoms with Gasteiger partial charge >= 0.3 is 0 Å². The van der Waals surface area contributed by atoms with Crippen molar-refractivity contribution in [3.05, 3.63) is 54.6 Å². The Morgan fingerprint density at radius 3 is 2.45 bits per heavy atom. The first-order chi connectivity index (χ1) is 10.6. The first-order valence-corrected chi connectivity index (χ1v) is 8.31. The third kappa shape index (κ3) is 5.13. The summed E-state index contributed by atoms with van der Waals surface area (Å²) in [6.45, 7) is 0.466. The van der Waals surface area contributed by atoms with E-state index >= 15 is 0 Å². The van der Waals surface area contributed by atoms with Crippen LogP contribution in [0, 0.1) is 0 Å². The van der Waals surface area contributed by atoms with E-state index in [1.165, 1.54) is 18.5 Å². The summed E-state index contributed by atoms with van der Waals surface area (Å²) in [5, 5.41) is 3.05. The van der Waals surface area contributed by atoms with Crippen LogP contribution in [0.4, 0.5) is 5.69 Å². The summed E-state index contributed by atoms with van der Waals surface area (Å²) in [6.07, 6.45) is 6.50. The van der Waals surface area contributed by atoms with Crippen LogP contribution in [0.25, 0.3) is 0 Å². The van der Waals surface area contributed by atoms with Gasteiger partial charge in [-0.1, -0.05) is 0 Å². The lowest BCUT2D eigenvalue weighted by Crippen LogP contribution is -2.33. The zero-order valence-corrected chi connectivity index (χ0v) is 12.6. The van der Waals surface area contributed by atoms with Gasteiger partial charge in [0.25, 0.3) is 5.91 Å². The zero-order valence-electron chi connectivity index (χ0n) is 11.8. The molecule has 0 radical (unpaired) electrons. The molecule has 1 amide bonds. The summed E-state index contributed by atoms with van der Waals surface area (Å²) in [7, 11) is -3.67. The Kier molecular flexibility index (Phi) is 5.42. The van der Waals surface area contributed by atoms with Crippen LogP contribution in [0.2, 0.25) is 0 Å². The Balaban J connectivity index is 1.78. The minimum absolute atomic E-state index is 0.147. The predicted molar refractivity (Wildman–Crippen MR) is 82.8 cm³/mol. The standard InChI is InChI=1S/C14H16N4O3S/c19-14(12-4-1-6-15-10-12)18-22(20,21)9-3-8-17-13-5-2-7-16-11-13/h1-2,4-7,10-11,17H,3,8-9H2,(H,18,19). The van der Waals surface area contributed by atoms with Crippen molar-refractivity contribution >= 4 is 21.6 Å². The van der Waals surface area contributed by atoms with Gasteiger partial charge in [0, 0.05) is 31.3 Å². The molecule has 0 bridgehead atoms. The lowest BCUT2D eigenvalue weighted by molar-refractivity contribution is 0.0981. The van der Waals surface area contributed by atoms with Crippen LogP contribution < -0.4 is 10.0 Å². The number of aromatic nitrogens is 2. The van der Waals surface area contributed by atoms with Crippen molar-refractivity contribution in [2.24, 2.45) is 0 Å². The second-order valence-corrected chi connectivity index (χ2v) is 6.36. The van der Waals surface area contributed by atoms with Gasteiger partial charge in [-0.25, -0.2) is 13.1 Å². The van der Waals surface area contributed by atoms with E-state index in [-0.39, 0.29) is 11.3 Å². The van der Waals surface area contributed by atoms with Gasteiger partial charge in [-0.05, 0) is 30.7 Å². The maximum atomic E-state index is 11.8. The smallest absolute Gasteiger partial charge is 0.266 e. The molecule has 0 saturated carbocycles. The molecule has 22 heavy (non-hydrogen) atoms. The number of anilines is 1. The SMILES string of the molecule is O=C(NS(=O)(=O)CCCNc1cccnc1)c1cccnc1. The summed E-state index contributed by atoms with van der Waals surface area (Å²) in [6, 6.07) is 6.69. The number of rotatable bonds is 7. The fourth-order valence-corrected chi connectivity index (χ4v) is 2.74. The van der Waals surface area contributed by atoms with E-state index in [0.29, 0.717) is 13.0 Å². The minimum atomic E-state index is -3.67. The predicted octanol–water partition coefficient (Wildman–Crippen LogP) is 1.04. The average molecular weight is 320 g/mol. The van der Waals surface area contributed by atoms with E-state index in [1.807, 2.05) is 10.8 Å². The number of carbonyl (C=O) groups excluding carboxylic acids is 1. The quantitative estimate of drug-likeness (QED) is 0.739. The Labute approximate surface area is 128 Å². The van der Waals surface area contributed by atoms with Crippen LogP contribution in [0.3, 0.4) is 0 Å². The number of pyridine rings is 2. The molecule has 0 atom stereocenters. The van der Waals surface area contributed by atoms with Crippen molar-refractivity contribution < 1.29 is 13.2 Å². The van der Waals surface area contributed by atoms with E-state index in [1.54, 1.807) is 24.5 Å². The van der Waals surface area contributed by atoms with E-state index in [2.05, 4.69) is 15.3 Å². The Hall–Kier alpha value is -2.48. The molecule has 0 saturated heterocycles. The highest BCUT2D eigenvalue weighted by atomic mass is 32.2. The molecule has 0 aromatic carbocycles. The maximum Gasteiger partial charge on any atom is 0.266 e. The van der Waals surface area contributed by atoms with Crippen LogP contribution in [0.1, 0.15) is 16.8 Å². The molecule has 2 heterocycles. The van der Waals surface area contributed by atoms with Crippen molar-refractivity contribution in [3.63, 3.8) is 0 Å². The van der Waals surface area contributed by atoms with Crippen LogP contribution in [-0.2, 0) is 10.0 Å². The normalized spacial score (nSPS) is 10.9. The molecule has 0 fully saturated rings. The van der Waals surface area contributed by atoms with Gasteiger partial charge in [0.1, 0.15) is 0 Å². The second kappa shape index (κ2) is 7.51. The van der Waals surface area contributed by atoms with Gasteiger partial charge in [0.05, 0.1) is 17.0 Å². The van der Waals surface area contributed by atoms with E-state index < -0.39 is 15.9 Å². The number of nitrogens with one attached hydrogen (secondary N) is 2. The number of nitrogens with zero attached hydrogens (tertiary/aromatic N) is 2. The zero-order chi connectivity index (χ0) is 15.8. The van der Waals surface area contributed by atoms with Gasteiger partial charge in [-0.2, -0.15) is 0 Å². The first kappa shape index (κ1) is 15.9. The fourth-order valence-electron chi connectivity index (χ4n) is 1.71. The molecule has 7 nitrogen and oxygen atoms in total. The fraction of sp³-hybridized carbons (Fsp3) is 0.214. The molecule has 2 N–H and O–H groups in total. The average Bonchev–Trinajstić information content (AvgIpc) is 2.53. The number of hydrogen-bond donors (Lipinski definition) is 2. The number of amides is 1. The van der Waals surface area contributed by atoms with Crippen LogP contribution >= 0.6 is 0 Å². The third-order valence-electron chi connectivity index (χ3n) is 2.75. The van der Waals surface area contributed by atoms with Crippen molar-refractivity contribution in [1.29, 1.82) is 0 Å². The molecular formula is C14H16N4O3S. The first-order valence-electron chi connectivity index (χ1n) is 6.65. The highest BCUT2D eigenvalue weighted by molar-refractivity contribution is 7.90. The van der Waals surface area contributed by atoms with Gasteiger partial charge in [-0.3, -0.25) is 14.8 Å². The summed E-state index contributed by atoms with van der Waals surface area (Å²) in [5.41, 5.74) is 1.03. The van der Waals surface area contributed by atoms with Crippen LogP contribution in [0.5, 0.6) is 0 Å². The molecule has 0 aliphatic carbocycles. The summed E-state index contributed by atoms with van der Waals surface area (Å²) < 4.78 is 25.7. The van der Waals surface area contributed by atoms with Gasteiger partial charge in [-0.15, -0.1) is 0 Å². The molecule has 8 heteroatoms. The molecule has 0 unspecified atom stereocenters. The van der Waals surface area contributed by atoms with Gasteiger partial charge in [0.15, 0.2) is 0 Å². The third-order valence-corrected chi connectivity index (χ3v) is 4.07. The van der Waals surface area contributed by atoms with E-state index in [4.69, 9.17) is 0 Å². The van der Waals surface area contributed by atoms with Crippen molar-refractivity contribution in [1.82, 2.24) is 14.7 Å². The Morgan fingerprint density at radius 2 is 1.82 bits per heavy atom. The molecule has 0 aliphatic rings. The largest absolute Gasteiger partial charge is 0.384 e. The molecular weight excluding hydrogens is 304 g/mol. The van der Waals surface area contributed by atoms with Crippen molar-refractivity contribution in [2.45, 2.75) is 6.42 Å². The molecule has 0 aliphatic heterocycles. The van der Waals surface area contributed by atoms with Crippen LogP contribution in [-0.4, -0.2) is 36.6 Å². The van der Waals surface area contributed by atoms with Crippen molar-refractivity contribution in [2.75, 3.05) is 17.6 Å². The molecule has 2 aromatic rings. The highest BCUT2D eigenvalue weighted by Gasteiger charge is 2.15. The topological polar surface area (TPSA) is 101 Å². The molecule has 116 valence electrons. The second-order valence-electron chi connectivity index (χ2n) is 4.51. The highest BCUT2D eigenvalue weighted by Crippen LogP contribution is 2.03.